The molecule has 6 heteroatoms. The first-order valence-electron chi connectivity index (χ1n) is 9.76. The Morgan fingerprint density at radius 2 is 1.85 bits per heavy atom. The highest BCUT2D eigenvalue weighted by molar-refractivity contribution is 5.82. The quantitative estimate of drug-likeness (QED) is 0.900. The van der Waals surface area contributed by atoms with E-state index in [2.05, 4.69) is 17.2 Å². The van der Waals surface area contributed by atoms with E-state index < -0.39 is 5.41 Å². The highest BCUT2D eigenvalue weighted by atomic mass is 16.2. The number of carbonyl (C=O) groups excluding carboxylic acids is 2. The Bertz CT molecular complexity index is 826. The Hall–Kier alpha value is -2.37. The van der Waals surface area contributed by atoms with Crippen LogP contribution in [0.3, 0.4) is 0 Å². The molecule has 0 aliphatic carbocycles. The second kappa shape index (κ2) is 7.71. The number of likely N-dealkylation sites (tertiary alicyclic amines) is 1. The van der Waals surface area contributed by atoms with Crippen molar-refractivity contribution in [3.05, 3.63) is 30.1 Å². The van der Waals surface area contributed by atoms with Crippen LogP contribution in [0.25, 0.3) is 11.0 Å². The number of piperidine rings is 1. The molecule has 3 rings (SSSR count). The number of imidazole rings is 1. The Morgan fingerprint density at radius 3 is 2.52 bits per heavy atom. The number of amides is 2. The van der Waals surface area contributed by atoms with E-state index in [4.69, 9.17) is 0 Å². The molecule has 0 spiro atoms. The average molecular weight is 370 g/mol. The first-order valence-corrected chi connectivity index (χ1v) is 9.76. The zero-order valence-electron chi connectivity index (χ0n) is 16.8. The highest BCUT2D eigenvalue weighted by Gasteiger charge is 2.24. The summed E-state index contributed by atoms with van der Waals surface area (Å²) in [6.07, 6.45) is 2.12. The number of nitrogens with one attached hydrogen (secondary N) is 1. The maximum absolute atomic E-state index is 12.9. The monoisotopic (exact) mass is 370 g/mol. The number of benzene rings is 1. The van der Waals surface area contributed by atoms with Crippen molar-refractivity contribution >= 4 is 22.8 Å². The Balaban J connectivity index is 1.80. The molecule has 27 heavy (non-hydrogen) atoms. The molecule has 1 aromatic heterocycles. The standard InChI is InChI=1S/C21H30N4O2/c1-15-9-11-24(12-10-15)19(26)14-25-17-8-6-5-7-16(17)23-18(25)13-22-20(27)21(2,3)4/h5-8,15H,9-14H2,1-4H3,(H,22,27). The zero-order chi connectivity index (χ0) is 19.6. The average Bonchev–Trinajstić information content (AvgIpc) is 2.97. The first kappa shape index (κ1) is 19.4. The molecule has 0 unspecified atom stereocenters. The summed E-state index contributed by atoms with van der Waals surface area (Å²) < 4.78 is 1.94. The van der Waals surface area contributed by atoms with Crippen molar-refractivity contribution in [2.75, 3.05) is 13.1 Å². The Labute approximate surface area is 160 Å². The number of para-hydroxylation sites is 2. The van der Waals surface area contributed by atoms with E-state index in [1.807, 2.05) is 54.5 Å². The van der Waals surface area contributed by atoms with Gasteiger partial charge in [-0.05, 0) is 30.9 Å². The van der Waals surface area contributed by atoms with E-state index in [1.54, 1.807) is 0 Å². The van der Waals surface area contributed by atoms with Crippen LogP contribution in [0.2, 0.25) is 0 Å². The van der Waals surface area contributed by atoms with Crippen LogP contribution in [0, 0.1) is 11.3 Å². The summed E-state index contributed by atoms with van der Waals surface area (Å²) >= 11 is 0. The molecule has 2 amide bonds. The van der Waals surface area contributed by atoms with Gasteiger partial charge in [0.2, 0.25) is 11.8 Å². The lowest BCUT2D eigenvalue weighted by Crippen LogP contribution is -2.40. The van der Waals surface area contributed by atoms with Gasteiger partial charge in [-0.25, -0.2) is 4.98 Å². The minimum Gasteiger partial charge on any atom is -0.348 e. The molecule has 1 N–H and O–H groups in total. The molecular weight excluding hydrogens is 340 g/mol. The molecule has 1 fully saturated rings. The Kier molecular flexibility index (Phi) is 5.53. The summed E-state index contributed by atoms with van der Waals surface area (Å²) in [6.45, 7) is 10.1. The molecule has 1 saturated heterocycles. The van der Waals surface area contributed by atoms with Crippen LogP contribution in [0.1, 0.15) is 46.4 Å². The molecule has 146 valence electrons. The molecule has 2 heterocycles. The normalized spacial score (nSPS) is 15.9. The van der Waals surface area contributed by atoms with E-state index in [0.29, 0.717) is 18.3 Å². The summed E-state index contributed by atoms with van der Waals surface area (Å²) in [5.41, 5.74) is 1.31. The van der Waals surface area contributed by atoms with Gasteiger partial charge in [-0.15, -0.1) is 0 Å². The molecule has 2 aromatic rings. The molecule has 0 radical (unpaired) electrons. The number of nitrogens with zero attached hydrogens (tertiary/aromatic N) is 3. The molecule has 1 aliphatic rings. The van der Waals surface area contributed by atoms with Crippen LogP contribution in [-0.4, -0.2) is 39.4 Å². The first-order chi connectivity index (χ1) is 12.8. The van der Waals surface area contributed by atoms with E-state index in [-0.39, 0.29) is 18.4 Å². The van der Waals surface area contributed by atoms with Gasteiger partial charge in [0.15, 0.2) is 0 Å². The molecule has 0 saturated carbocycles. The Morgan fingerprint density at radius 1 is 1.19 bits per heavy atom. The molecular formula is C21H30N4O2. The summed E-state index contributed by atoms with van der Waals surface area (Å²) in [5.74, 6) is 1.49. The largest absolute Gasteiger partial charge is 0.348 e. The van der Waals surface area contributed by atoms with Crippen molar-refractivity contribution in [2.45, 2.75) is 53.6 Å². The minimum atomic E-state index is -0.461. The van der Waals surface area contributed by atoms with Crippen LogP contribution < -0.4 is 5.32 Å². The summed E-state index contributed by atoms with van der Waals surface area (Å²) in [5, 5.41) is 2.95. The van der Waals surface area contributed by atoms with Crippen LogP contribution >= 0.6 is 0 Å². The molecule has 1 aliphatic heterocycles. The molecule has 0 bridgehead atoms. The van der Waals surface area contributed by atoms with Crippen molar-refractivity contribution in [3.8, 4) is 0 Å². The van der Waals surface area contributed by atoms with E-state index in [9.17, 15) is 9.59 Å². The van der Waals surface area contributed by atoms with Crippen molar-refractivity contribution in [1.82, 2.24) is 19.8 Å². The van der Waals surface area contributed by atoms with Gasteiger partial charge in [0.05, 0.1) is 17.6 Å². The van der Waals surface area contributed by atoms with Gasteiger partial charge in [0, 0.05) is 18.5 Å². The van der Waals surface area contributed by atoms with Gasteiger partial charge < -0.3 is 14.8 Å². The second-order valence-corrected chi connectivity index (χ2v) is 8.60. The predicted molar refractivity (Wildman–Crippen MR) is 106 cm³/mol. The van der Waals surface area contributed by atoms with Crippen LogP contribution in [-0.2, 0) is 22.7 Å². The third-order valence-corrected chi connectivity index (χ3v) is 5.25. The fourth-order valence-corrected chi connectivity index (χ4v) is 3.35. The number of aromatic nitrogens is 2. The molecule has 0 atom stereocenters. The van der Waals surface area contributed by atoms with Gasteiger partial charge in [0.25, 0.3) is 0 Å². The fourth-order valence-electron chi connectivity index (χ4n) is 3.35. The number of carbonyl (C=O) groups is 2. The van der Waals surface area contributed by atoms with Gasteiger partial charge in [0.1, 0.15) is 12.4 Å². The highest BCUT2D eigenvalue weighted by Crippen LogP contribution is 2.20. The zero-order valence-corrected chi connectivity index (χ0v) is 16.8. The van der Waals surface area contributed by atoms with Gasteiger partial charge in [-0.3, -0.25) is 9.59 Å². The summed E-state index contributed by atoms with van der Waals surface area (Å²) in [4.78, 5) is 31.7. The lowest BCUT2D eigenvalue weighted by atomic mass is 9.96. The van der Waals surface area contributed by atoms with Crippen LogP contribution in [0.15, 0.2) is 24.3 Å². The lowest BCUT2D eigenvalue weighted by molar-refractivity contribution is -0.133. The predicted octanol–water partition coefficient (Wildman–Crippen LogP) is 2.96. The maximum Gasteiger partial charge on any atom is 0.242 e. The van der Waals surface area contributed by atoms with E-state index >= 15 is 0 Å². The third kappa shape index (κ3) is 4.49. The second-order valence-electron chi connectivity index (χ2n) is 8.60. The van der Waals surface area contributed by atoms with Crippen molar-refractivity contribution in [2.24, 2.45) is 11.3 Å². The van der Waals surface area contributed by atoms with Crippen molar-refractivity contribution in [1.29, 1.82) is 0 Å². The minimum absolute atomic E-state index is 0.0301. The smallest absolute Gasteiger partial charge is 0.242 e. The van der Waals surface area contributed by atoms with E-state index in [1.165, 1.54) is 0 Å². The summed E-state index contributed by atoms with van der Waals surface area (Å²) in [6, 6.07) is 7.80. The number of hydrogen-bond acceptors (Lipinski definition) is 3. The molecule has 6 nitrogen and oxygen atoms in total. The van der Waals surface area contributed by atoms with Crippen molar-refractivity contribution < 1.29 is 9.59 Å². The number of hydrogen-bond donors (Lipinski definition) is 1. The van der Waals surface area contributed by atoms with Gasteiger partial charge >= 0.3 is 0 Å². The lowest BCUT2D eigenvalue weighted by Gasteiger charge is -2.30. The molecule has 1 aromatic carbocycles. The third-order valence-electron chi connectivity index (χ3n) is 5.25. The topological polar surface area (TPSA) is 67.2 Å². The van der Waals surface area contributed by atoms with Gasteiger partial charge in [-0.2, -0.15) is 0 Å². The number of rotatable bonds is 4. The fraction of sp³-hybridized carbons (Fsp3) is 0.571. The number of fused-ring (bicyclic) bond motifs is 1. The van der Waals surface area contributed by atoms with Crippen molar-refractivity contribution in [3.63, 3.8) is 0 Å². The summed E-state index contributed by atoms with van der Waals surface area (Å²) in [7, 11) is 0. The maximum atomic E-state index is 12.9. The van der Waals surface area contributed by atoms with Crippen LogP contribution in [0.4, 0.5) is 0 Å². The SMILES string of the molecule is CC1CCN(C(=O)Cn2c(CNC(=O)C(C)(C)C)nc3ccccc32)CC1. The van der Waals surface area contributed by atoms with Crippen LogP contribution in [0.5, 0.6) is 0 Å². The van der Waals surface area contributed by atoms with E-state index in [0.717, 1.165) is 37.0 Å². The van der Waals surface area contributed by atoms with Gasteiger partial charge in [-0.1, -0.05) is 39.8 Å².